The Kier molecular flexibility index (Phi) is 7.91. The molecule has 0 aliphatic rings. The molecule has 0 radical (unpaired) electrons. The van der Waals surface area contributed by atoms with Gasteiger partial charge in [0.15, 0.2) is 0 Å². The van der Waals surface area contributed by atoms with E-state index >= 15 is 0 Å². The number of benzene rings is 1. The average Bonchev–Trinajstić information content (AvgIpc) is 2.57. The summed E-state index contributed by atoms with van der Waals surface area (Å²) in [5.41, 5.74) is 6.69. The van der Waals surface area contributed by atoms with E-state index in [-0.39, 0.29) is 30.8 Å². The summed E-state index contributed by atoms with van der Waals surface area (Å²) in [6.07, 6.45) is 0. The van der Waals surface area contributed by atoms with E-state index < -0.39 is 11.9 Å². The number of amides is 3. The Bertz CT molecular complexity index is 560. The molecule has 0 spiro atoms. The molecule has 0 heterocycles. The second-order valence-corrected chi connectivity index (χ2v) is 6.00. The summed E-state index contributed by atoms with van der Waals surface area (Å²) in [6, 6.07) is 8.91. The Morgan fingerprint density at radius 1 is 1.08 bits per heavy atom. The third-order valence-electron chi connectivity index (χ3n) is 3.57. The van der Waals surface area contributed by atoms with Crippen molar-refractivity contribution < 1.29 is 14.4 Å². The van der Waals surface area contributed by atoms with Crippen LogP contribution in [0.15, 0.2) is 30.3 Å². The predicted molar refractivity (Wildman–Crippen MR) is 91.7 cm³/mol. The van der Waals surface area contributed by atoms with Crippen molar-refractivity contribution in [1.82, 2.24) is 15.5 Å². The number of nitrogens with one attached hydrogen (secondary N) is 2. The first kappa shape index (κ1) is 19.6. The third-order valence-corrected chi connectivity index (χ3v) is 3.57. The maximum Gasteiger partial charge on any atom is 0.242 e. The van der Waals surface area contributed by atoms with Crippen molar-refractivity contribution in [3.8, 4) is 0 Å². The molecule has 0 bridgehead atoms. The van der Waals surface area contributed by atoms with Crippen LogP contribution in [-0.4, -0.2) is 48.8 Å². The number of hydrogen-bond donors (Lipinski definition) is 3. The lowest BCUT2D eigenvalue weighted by Crippen LogP contribution is -2.48. The summed E-state index contributed by atoms with van der Waals surface area (Å²) >= 11 is 0. The monoisotopic (exact) mass is 334 g/mol. The van der Waals surface area contributed by atoms with Crippen molar-refractivity contribution in [1.29, 1.82) is 0 Å². The van der Waals surface area contributed by atoms with Crippen molar-refractivity contribution >= 4 is 17.7 Å². The fourth-order valence-electron chi connectivity index (χ4n) is 1.91. The zero-order valence-electron chi connectivity index (χ0n) is 14.4. The maximum atomic E-state index is 12.0. The summed E-state index contributed by atoms with van der Waals surface area (Å²) in [4.78, 5) is 36.9. The van der Waals surface area contributed by atoms with Crippen LogP contribution < -0.4 is 16.4 Å². The van der Waals surface area contributed by atoms with Crippen molar-refractivity contribution in [2.45, 2.75) is 26.4 Å². The molecule has 1 atom stereocenters. The molecule has 0 aliphatic carbocycles. The first-order valence-corrected chi connectivity index (χ1v) is 7.89. The number of likely N-dealkylation sites (N-methyl/N-ethyl adjacent to an activating group) is 1. The van der Waals surface area contributed by atoms with Gasteiger partial charge in [-0.1, -0.05) is 44.2 Å². The van der Waals surface area contributed by atoms with Gasteiger partial charge in [-0.2, -0.15) is 0 Å². The molecule has 7 nitrogen and oxygen atoms in total. The molecular weight excluding hydrogens is 308 g/mol. The van der Waals surface area contributed by atoms with E-state index in [2.05, 4.69) is 10.6 Å². The van der Waals surface area contributed by atoms with E-state index in [0.29, 0.717) is 6.54 Å². The minimum Gasteiger partial charge on any atom is -0.346 e. The first-order valence-electron chi connectivity index (χ1n) is 7.89. The van der Waals surface area contributed by atoms with Gasteiger partial charge in [0.2, 0.25) is 17.7 Å². The van der Waals surface area contributed by atoms with E-state index in [1.165, 1.54) is 4.90 Å². The minimum absolute atomic E-state index is 0.0127. The van der Waals surface area contributed by atoms with Crippen molar-refractivity contribution in [2.24, 2.45) is 11.7 Å². The molecule has 0 saturated heterocycles. The lowest BCUT2D eigenvalue weighted by atomic mass is 10.1. The van der Waals surface area contributed by atoms with Gasteiger partial charge in [-0.15, -0.1) is 0 Å². The SMILES string of the molecule is CC(C)[C@H](N)C(=O)NCC(=O)NCC(=O)N(C)Cc1ccccc1. The number of hydrogen-bond acceptors (Lipinski definition) is 4. The smallest absolute Gasteiger partial charge is 0.242 e. The highest BCUT2D eigenvalue weighted by atomic mass is 16.2. The Morgan fingerprint density at radius 2 is 1.71 bits per heavy atom. The summed E-state index contributed by atoms with van der Waals surface area (Å²) in [5.74, 6) is -1.04. The van der Waals surface area contributed by atoms with Crippen molar-refractivity contribution in [2.75, 3.05) is 20.1 Å². The summed E-state index contributed by atoms with van der Waals surface area (Å²) in [7, 11) is 1.67. The molecular formula is C17H26N4O3. The van der Waals surface area contributed by atoms with E-state index in [9.17, 15) is 14.4 Å². The van der Waals surface area contributed by atoms with Crippen LogP contribution in [0.25, 0.3) is 0 Å². The fraction of sp³-hybridized carbons (Fsp3) is 0.471. The molecule has 7 heteroatoms. The summed E-state index contributed by atoms with van der Waals surface area (Å²) in [5, 5.41) is 4.94. The van der Waals surface area contributed by atoms with Gasteiger partial charge in [-0.3, -0.25) is 14.4 Å². The van der Waals surface area contributed by atoms with Gasteiger partial charge >= 0.3 is 0 Å². The number of rotatable bonds is 8. The molecule has 1 rings (SSSR count). The molecule has 0 aliphatic heterocycles. The lowest BCUT2D eigenvalue weighted by molar-refractivity contribution is -0.132. The highest BCUT2D eigenvalue weighted by Gasteiger charge is 2.18. The average molecular weight is 334 g/mol. The topological polar surface area (TPSA) is 105 Å². The second kappa shape index (κ2) is 9.67. The van der Waals surface area contributed by atoms with E-state index in [4.69, 9.17) is 5.73 Å². The Hall–Kier alpha value is -2.41. The molecule has 0 fully saturated rings. The van der Waals surface area contributed by atoms with Crippen LogP contribution in [0.3, 0.4) is 0 Å². The van der Waals surface area contributed by atoms with Gasteiger partial charge in [0, 0.05) is 13.6 Å². The number of nitrogens with zero attached hydrogens (tertiary/aromatic N) is 1. The van der Waals surface area contributed by atoms with E-state index in [1.54, 1.807) is 7.05 Å². The minimum atomic E-state index is -0.656. The second-order valence-electron chi connectivity index (χ2n) is 6.00. The van der Waals surface area contributed by atoms with Crippen LogP contribution in [-0.2, 0) is 20.9 Å². The molecule has 3 amide bonds. The van der Waals surface area contributed by atoms with Crippen LogP contribution in [0.2, 0.25) is 0 Å². The molecule has 24 heavy (non-hydrogen) atoms. The van der Waals surface area contributed by atoms with Crippen LogP contribution >= 0.6 is 0 Å². The molecule has 1 aromatic rings. The molecule has 0 saturated carbocycles. The third kappa shape index (κ3) is 6.78. The highest BCUT2D eigenvalue weighted by molar-refractivity contribution is 5.89. The summed E-state index contributed by atoms with van der Waals surface area (Å²) in [6.45, 7) is 3.80. The summed E-state index contributed by atoms with van der Waals surface area (Å²) < 4.78 is 0. The Balaban J connectivity index is 2.30. The number of nitrogens with two attached hydrogens (primary N) is 1. The van der Waals surface area contributed by atoms with E-state index in [0.717, 1.165) is 5.56 Å². The number of carbonyl (C=O) groups excluding carboxylic acids is 3. The van der Waals surface area contributed by atoms with Crippen molar-refractivity contribution in [3.63, 3.8) is 0 Å². The zero-order valence-corrected chi connectivity index (χ0v) is 14.4. The van der Waals surface area contributed by atoms with Crippen LogP contribution in [0, 0.1) is 5.92 Å². The normalized spacial score (nSPS) is 11.7. The van der Waals surface area contributed by atoms with Gasteiger partial charge in [-0.25, -0.2) is 0 Å². The Labute approximate surface area is 142 Å². The van der Waals surface area contributed by atoms with Crippen LogP contribution in [0.4, 0.5) is 0 Å². The lowest BCUT2D eigenvalue weighted by Gasteiger charge is -2.18. The van der Waals surface area contributed by atoms with Gasteiger partial charge in [0.05, 0.1) is 19.1 Å². The standard InChI is InChI=1S/C17H26N4O3/c1-12(2)16(18)17(24)20-9-14(22)19-10-15(23)21(3)11-13-7-5-4-6-8-13/h4-8,12,16H,9-11,18H2,1-3H3,(H,19,22)(H,20,24)/t16-/m0/s1. The molecule has 0 aromatic heterocycles. The predicted octanol–water partition coefficient (Wildman–Crippen LogP) is -0.139. The van der Waals surface area contributed by atoms with Crippen LogP contribution in [0.1, 0.15) is 19.4 Å². The fourth-order valence-corrected chi connectivity index (χ4v) is 1.91. The highest BCUT2D eigenvalue weighted by Crippen LogP contribution is 2.02. The van der Waals surface area contributed by atoms with Crippen molar-refractivity contribution in [3.05, 3.63) is 35.9 Å². The maximum absolute atomic E-state index is 12.0. The van der Waals surface area contributed by atoms with Gasteiger partial charge in [0.25, 0.3) is 0 Å². The molecule has 4 N–H and O–H groups in total. The molecule has 132 valence electrons. The first-order chi connectivity index (χ1) is 11.3. The number of carbonyl (C=O) groups is 3. The molecule has 0 unspecified atom stereocenters. The Morgan fingerprint density at radius 3 is 2.29 bits per heavy atom. The quantitative estimate of drug-likeness (QED) is 0.615. The van der Waals surface area contributed by atoms with Crippen LogP contribution in [0.5, 0.6) is 0 Å². The van der Waals surface area contributed by atoms with E-state index in [1.807, 2.05) is 44.2 Å². The van der Waals surface area contributed by atoms with Gasteiger partial charge in [0.1, 0.15) is 0 Å². The molecule has 1 aromatic carbocycles. The van der Waals surface area contributed by atoms with Gasteiger partial charge < -0.3 is 21.3 Å². The zero-order chi connectivity index (χ0) is 18.1. The van der Waals surface area contributed by atoms with Gasteiger partial charge in [-0.05, 0) is 11.5 Å². The largest absolute Gasteiger partial charge is 0.346 e.